The minimum Gasteiger partial charge on any atom is -0.497 e. The van der Waals surface area contributed by atoms with E-state index in [2.05, 4.69) is 10.2 Å². The number of rotatable bonds is 8. The lowest BCUT2D eigenvalue weighted by Gasteiger charge is -2.37. The van der Waals surface area contributed by atoms with Crippen LogP contribution in [-0.2, 0) is 24.1 Å². The normalized spacial score (nSPS) is 18.0. The van der Waals surface area contributed by atoms with Crippen molar-refractivity contribution in [1.29, 1.82) is 0 Å². The van der Waals surface area contributed by atoms with E-state index >= 15 is 0 Å². The topological polar surface area (TPSA) is 50.8 Å². The Morgan fingerprint density at radius 3 is 2.33 bits per heavy atom. The van der Waals surface area contributed by atoms with Crippen LogP contribution in [0.2, 0.25) is 0 Å². The number of nitrogens with one attached hydrogen (secondary N) is 1. The summed E-state index contributed by atoms with van der Waals surface area (Å²) < 4.78 is 64.1. The van der Waals surface area contributed by atoms with Crippen LogP contribution in [0, 0.1) is 18.7 Å². The zero-order valence-corrected chi connectivity index (χ0v) is 22.1. The third-order valence-corrected chi connectivity index (χ3v) is 7.09. The number of piperidine rings is 1. The molecular formula is C30H32F4N2O3. The number of benzene rings is 3. The van der Waals surface area contributed by atoms with Crippen LogP contribution in [-0.4, -0.2) is 38.1 Å². The summed E-state index contributed by atoms with van der Waals surface area (Å²) in [5, 5.41) is 2.83. The molecule has 0 bridgehead atoms. The van der Waals surface area contributed by atoms with Gasteiger partial charge in [-0.15, -0.1) is 0 Å². The first kappa shape index (κ1) is 28.4. The van der Waals surface area contributed by atoms with Crippen molar-refractivity contribution in [1.82, 2.24) is 10.2 Å². The monoisotopic (exact) mass is 544 g/mol. The fourth-order valence-electron chi connectivity index (χ4n) is 5.08. The predicted octanol–water partition coefficient (Wildman–Crippen LogP) is 6.09. The average molecular weight is 545 g/mol. The lowest BCUT2D eigenvalue weighted by Crippen LogP contribution is -2.45. The number of aryl methyl sites for hydroxylation is 1. The van der Waals surface area contributed by atoms with E-state index in [9.17, 15) is 22.4 Å². The highest BCUT2D eigenvalue weighted by atomic mass is 19.4. The molecule has 2 atom stereocenters. The largest absolute Gasteiger partial charge is 0.497 e. The Kier molecular flexibility index (Phi) is 8.80. The molecule has 0 spiro atoms. The van der Waals surface area contributed by atoms with E-state index < -0.39 is 17.7 Å². The maximum atomic E-state index is 14.0. The van der Waals surface area contributed by atoms with Gasteiger partial charge >= 0.3 is 6.18 Å². The van der Waals surface area contributed by atoms with E-state index in [1.54, 1.807) is 39.3 Å². The molecule has 1 amide bonds. The summed E-state index contributed by atoms with van der Waals surface area (Å²) in [4.78, 5) is 15.5. The molecule has 3 aromatic carbocycles. The summed E-state index contributed by atoms with van der Waals surface area (Å²) in [6.45, 7) is 3.35. The number of likely N-dealkylation sites (tertiary alicyclic amines) is 1. The van der Waals surface area contributed by atoms with Crippen molar-refractivity contribution >= 4 is 5.91 Å². The standard InChI is InChI=1S/C30H32F4N2O3/c1-19-9-22(7-8-28(19)31)23-13-24(29(37)35-15-20-5-4-6-25(10-20)30(32,33)34)18-36(17-23)16-21-11-26(38-2)14-27(12-21)39-3/h4-12,14,23-24H,13,15-18H2,1-3H3,(H,35,37)/t23-,24-/m1/s1. The van der Waals surface area contributed by atoms with Gasteiger partial charge in [0.05, 0.1) is 25.7 Å². The van der Waals surface area contributed by atoms with Crippen LogP contribution in [0.5, 0.6) is 11.5 Å². The maximum absolute atomic E-state index is 14.0. The number of hydrogen-bond donors (Lipinski definition) is 1. The molecule has 1 aliphatic rings. The maximum Gasteiger partial charge on any atom is 0.416 e. The summed E-state index contributed by atoms with van der Waals surface area (Å²) in [5.41, 5.74) is 2.05. The second-order valence-electron chi connectivity index (χ2n) is 9.97. The summed E-state index contributed by atoms with van der Waals surface area (Å²) in [7, 11) is 3.16. The highest BCUT2D eigenvalue weighted by molar-refractivity contribution is 5.79. The Morgan fingerprint density at radius 1 is 0.974 bits per heavy atom. The molecule has 5 nitrogen and oxygen atoms in total. The SMILES string of the molecule is COc1cc(CN2C[C@H](C(=O)NCc3cccc(C(F)(F)F)c3)C[C@@H](c3ccc(F)c(C)c3)C2)cc(OC)c1. The van der Waals surface area contributed by atoms with Crippen molar-refractivity contribution in [3.05, 3.63) is 94.3 Å². The van der Waals surface area contributed by atoms with Crippen LogP contribution in [0.3, 0.4) is 0 Å². The van der Waals surface area contributed by atoms with Gasteiger partial charge in [0.2, 0.25) is 5.91 Å². The molecule has 9 heteroatoms. The van der Waals surface area contributed by atoms with Gasteiger partial charge in [-0.3, -0.25) is 9.69 Å². The van der Waals surface area contributed by atoms with Crippen LogP contribution in [0.1, 0.15) is 40.2 Å². The molecule has 1 aliphatic heterocycles. The third-order valence-electron chi connectivity index (χ3n) is 7.09. The van der Waals surface area contributed by atoms with Crippen LogP contribution in [0.4, 0.5) is 17.6 Å². The molecule has 0 saturated carbocycles. The average Bonchev–Trinajstić information content (AvgIpc) is 2.92. The fourth-order valence-corrected chi connectivity index (χ4v) is 5.08. The van der Waals surface area contributed by atoms with E-state index in [1.807, 2.05) is 18.2 Å². The van der Waals surface area contributed by atoms with Crippen LogP contribution in [0.25, 0.3) is 0 Å². The molecule has 1 saturated heterocycles. The number of alkyl halides is 3. The second kappa shape index (κ2) is 12.1. The molecule has 1 fully saturated rings. The molecular weight excluding hydrogens is 512 g/mol. The Hall–Kier alpha value is -3.59. The second-order valence-corrected chi connectivity index (χ2v) is 9.97. The quantitative estimate of drug-likeness (QED) is 0.349. The molecule has 0 aliphatic carbocycles. The van der Waals surface area contributed by atoms with E-state index in [0.29, 0.717) is 48.7 Å². The molecule has 39 heavy (non-hydrogen) atoms. The zero-order valence-electron chi connectivity index (χ0n) is 22.1. The molecule has 1 N–H and O–H groups in total. The first-order valence-electron chi connectivity index (χ1n) is 12.7. The van der Waals surface area contributed by atoms with Crippen molar-refractivity contribution in [3.8, 4) is 11.5 Å². The number of ether oxygens (including phenoxy) is 2. The predicted molar refractivity (Wildman–Crippen MR) is 140 cm³/mol. The van der Waals surface area contributed by atoms with E-state index in [0.717, 1.165) is 23.3 Å². The number of carbonyl (C=O) groups excluding carboxylic acids is 1. The fraction of sp³-hybridized carbons (Fsp3) is 0.367. The van der Waals surface area contributed by atoms with E-state index in [4.69, 9.17) is 9.47 Å². The molecule has 0 aromatic heterocycles. The van der Waals surface area contributed by atoms with Crippen LogP contribution in [0.15, 0.2) is 60.7 Å². The highest BCUT2D eigenvalue weighted by Crippen LogP contribution is 2.34. The lowest BCUT2D eigenvalue weighted by molar-refractivity contribution is -0.137. The van der Waals surface area contributed by atoms with Crippen molar-refractivity contribution in [2.45, 2.75) is 38.5 Å². The molecule has 0 unspecified atom stereocenters. The first-order valence-corrected chi connectivity index (χ1v) is 12.7. The number of methoxy groups -OCH3 is 2. The zero-order chi connectivity index (χ0) is 28.2. The Morgan fingerprint density at radius 2 is 1.69 bits per heavy atom. The highest BCUT2D eigenvalue weighted by Gasteiger charge is 2.33. The molecule has 4 rings (SSSR count). The Labute approximate surface area is 225 Å². The molecule has 208 valence electrons. The van der Waals surface area contributed by atoms with Crippen molar-refractivity contribution in [3.63, 3.8) is 0 Å². The number of nitrogens with zero attached hydrogens (tertiary/aromatic N) is 1. The van der Waals surface area contributed by atoms with Gasteiger partial charge in [0.25, 0.3) is 0 Å². The van der Waals surface area contributed by atoms with Crippen LogP contribution >= 0.6 is 0 Å². The van der Waals surface area contributed by atoms with Gasteiger partial charge in [-0.1, -0.05) is 24.3 Å². The minimum atomic E-state index is -4.45. The lowest BCUT2D eigenvalue weighted by atomic mass is 9.83. The summed E-state index contributed by atoms with van der Waals surface area (Å²) >= 11 is 0. The van der Waals surface area contributed by atoms with Gasteiger partial charge in [0.15, 0.2) is 0 Å². The summed E-state index contributed by atoms with van der Waals surface area (Å²) in [6.07, 6.45) is -3.91. The van der Waals surface area contributed by atoms with Gasteiger partial charge in [-0.05, 0) is 71.8 Å². The van der Waals surface area contributed by atoms with Gasteiger partial charge in [-0.2, -0.15) is 13.2 Å². The smallest absolute Gasteiger partial charge is 0.416 e. The van der Waals surface area contributed by atoms with Crippen LogP contribution < -0.4 is 14.8 Å². The Bertz CT molecular complexity index is 1290. The van der Waals surface area contributed by atoms with Crippen molar-refractivity contribution in [2.75, 3.05) is 27.3 Å². The molecule has 3 aromatic rings. The first-order chi connectivity index (χ1) is 18.5. The summed E-state index contributed by atoms with van der Waals surface area (Å²) in [5.74, 6) is 0.349. The third kappa shape index (κ3) is 7.29. The summed E-state index contributed by atoms with van der Waals surface area (Å²) in [6, 6.07) is 15.6. The molecule has 1 heterocycles. The van der Waals surface area contributed by atoms with Gasteiger partial charge in [0.1, 0.15) is 17.3 Å². The number of halogens is 4. The van der Waals surface area contributed by atoms with E-state index in [-0.39, 0.29) is 24.2 Å². The van der Waals surface area contributed by atoms with E-state index in [1.165, 1.54) is 12.1 Å². The van der Waals surface area contributed by atoms with Gasteiger partial charge < -0.3 is 14.8 Å². The van der Waals surface area contributed by atoms with Crippen molar-refractivity contribution < 1.29 is 31.8 Å². The van der Waals surface area contributed by atoms with Crippen molar-refractivity contribution in [2.24, 2.45) is 5.92 Å². The van der Waals surface area contributed by atoms with Gasteiger partial charge in [0, 0.05) is 32.2 Å². The number of amides is 1. The Balaban J connectivity index is 1.53. The molecule has 0 radical (unpaired) electrons. The number of carbonyl (C=O) groups is 1. The number of hydrogen-bond acceptors (Lipinski definition) is 4. The minimum absolute atomic E-state index is 0.00728. The van der Waals surface area contributed by atoms with Gasteiger partial charge in [-0.25, -0.2) is 4.39 Å².